The van der Waals surface area contributed by atoms with Crippen molar-refractivity contribution in [3.63, 3.8) is 0 Å². The van der Waals surface area contributed by atoms with Gasteiger partial charge in [0.25, 0.3) is 5.91 Å². The summed E-state index contributed by atoms with van der Waals surface area (Å²) in [6, 6.07) is 15.2. The fourth-order valence-corrected chi connectivity index (χ4v) is 3.75. The van der Waals surface area contributed by atoms with Gasteiger partial charge in [0.05, 0.1) is 12.6 Å². The van der Waals surface area contributed by atoms with Crippen molar-refractivity contribution in [2.45, 2.75) is 25.4 Å². The van der Waals surface area contributed by atoms with Crippen LogP contribution in [0.3, 0.4) is 0 Å². The highest BCUT2D eigenvalue weighted by atomic mass is 16.5. The van der Waals surface area contributed by atoms with Crippen molar-refractivity contribution in [1.82, 2.24) is 5.32 Å². The van der Waals surface area contributed by atoms with Gasteiger partial charge in [0.15, 0.2) is 0 Å². The molecule has 2 N–H and O–H groups in total. The van der Waals surface area contributed by atoms with Crippen LogP contribution in [0.15, 0.2) is 48.5 Å². The van der Waals surface area contributed by atoms with Crippen molar-refractivity contribution in [3.05, 3.63) is 59.7 Å². The number of carbonyl (C=O) groups excluding carboxylic acids is 2. The second-order valence-corrected chi connectivity index (χ2v) is 7.20. The largest absolute Gasteiger partial charge is 0.376 e. The first-order valence-electron chi connectivity index (χ1n) is 9.83. The van der Waals surface area contributed by atoms with E-state index in [1.165, 1.54) is 5.56 Å². The van der Waals surface area contributed by atoms with Gasteiger partial charge in [-0.25, -0.2) is 0 Å². The van der Waals surface area contributed by atoms with Gasteiger partial charge in [-0.05, 0) is 49.1 Å². The Kier molecular flexibility index (Phi) is 5.58. The molecule has 146 valence electrons. The molecule has 2 aromatic rings. The van der Waals surface area contributed by atoms with Crippen molar-refractivity contribution in [2.75, 3.05) is 36.5 Å². The first kappa shape index (κ1) is 18.5. The molecule has 4 rings (SSSR count). The fourth-order valence-electron chi connectivity index (χ4n) is 3.75. The van der Waals surface area contributed by atoms with E-state index in [1.807, 2.05) is 35.2 Å². The van der Waals surface area contributed by atoms with E-state index in [-0.39, 0.29) is 24.5 Å². The third kappa shape index (κ3) is 4.17. The molecule has 2 heterocycles. The third-order valence-electron chi connectivity index (χ3n) is 5.27. The molecule has 28 heavy (non-hydrogen) atoms. The number of ether oxygens (including phenoxy) is 1. The lowest BCUT2D eigenvalue weighted by Crippen LogP contribution is -2.34. The molecule has 2 aliphatic heterocycles. The van der Waals surface area contributed by atoms with Crippen molar-refractivity contribution < 1.29 is 14.3 Å². The number of para-hydroxylation sites is 1. The third-order valence-corrected chi connectivity index (χ3v) is 5.27. The van der Waals surface area contributed by atoms with Gasteiger partial charge in [0, 0.05) is 36.6 Å². The predicted octanol–water partition coefficient (Wildman–Crippen LogP) is 2.60. The number of hydrogen-bond donors (Lipinski definition) is 2. The van der Waals surface area contributed by atoms with Gasteiger partial charge in [-0.2, -0.15) is 0 Å². The van der Waals surface area contributed by atoms with E-state index in [9.17, 15) is 9.59 Å². The maximum Gasteiger partial charge on any atom is 0.251 e. The van der Waals surface area contributed by atoms with Crippen LogP contribution in [0, 0.1) is 0 Å². The van der Waals surface area contributed by atoms with Gasteiger partial charge in [0.2, 0.25) is 5.91 Å². The number of anilines is 2. The van der Waals surface area contributed by atoms with Crippen LogP contribution < -0.4 is 15.5 Å². The molecule has 6 heteroatoms. The molecule has 2 amide bonds. The van der Waals surface area contributed by atoms with E-state index >= 15 is 0 Å². The molecule has 2 aliphatic rings. The maximum absolute atomic E-state index is 12.6. The van der Waals surface area contributed by atoms with Crippen LogP contribution in [0.1, 0.15) is 28.8 Å². The SMILES string of the molecule is O=C(NCC1CCCO1)c1cccc(NCC(=O)N2CCc3ccccc32)c1. The van der Waals surface area contributed by atoms with E-state index < -0.39 is 0 Å². The van der Waals surface area contributed by atoms with Crippen molar-refractivity contribution >= 4 is 23.2 Å². The lowest BCUT2D eigenvalue weighted by molar-refractivity contribution is -0.116. The molecule has 0 aromatic heterocycles. The van der Waals surface area contributed by atoms with E-state index in [0.29, 0.717) is 18.7 Å². The zero-order valence-corrected chi connectivity index (χ0v) is 15.8. The van der Waals surface area contributed by atoms with E-state index in [0.717, 1.165) is 37.2 Å². The number of carbonyl (C=O) groups is 2. The summed E-state index contributed by atoms with van der Waals surface area (Å²) in [5.41, 5.74) is 3.53. The number of nitrogens with zero attached hydrogens (tertiary/aromatic N) is 1. The van der Waals surface area contributed by atoms with Crippen LogP contribution in [0.4, 0.5) is 11.4 Å². The summed E-state index contributed by atoms with van der Waals surface area (Å²) in [6.45, 7) is 2.21. The summed E-state index contributed by atoms with van der Waals surface area (Å²) in [5, 5.41) is 6.07. The van der Waals surface area contributed by atoms with Crippen molar-refractivity contribution in [1.29, 1.82) is 0 Å². The Hall–Kier alpha value is -2.86. The molecule has 0 spiro atoms. The van der Waals surface area contributed by atoms with Crippen molar-refractivity contribution in [2.24, 2.45) is 0 Å². The van der Waals surface area contributed by atoms with Crippen LogP contribution in [0.5, 0.6) is 0 Å². The molecular weight excluding hydrogens is 354 g/mol. The van der Waals surface area contributed by atoms with Crippen LogP contribution in [0.25, 0.3) is 0 Å². The first-order valence-corrected chi connectivity index (χ1v) is 9.83. The van der Waals surface area contributed by atoms with Gasteiger partial charge < -0.3 is 20.3 Å². The van der Waals surface area contributed by atoms with E-state index in [1.54, 1.807) is 12.1 Å². The van der Waals surface area contributed by atoms with Gasteiger partial charge in [0.1, 0.15) is 0 Å². The highest BCUT2D eigenvalue weighted by Crippen LogP contribution is 2.27. The molecule has 1 atom stereocenters. The number of rotatable bonds is 6. The molecule has 1 unspecified atom stereocenters. The smallest absolute Gasteiger partial charge is 0.251 e. The summed E-state index contributed by atoms with van der Waals surface area (Å²) < 4.78 is 5.53. The van der Waals surface area contributed by atoms with Gasteiger partial charge in [-0.3, -0.25) is 9.59 Å². The minimum absolute atomic E-state index is 0.0261. The summed E-state index contributed by atoms with van der Waals surface area (Å²) in [5.74, 6) is -0.0999. The molecule has 6 nitrogen and oxygen atoms in total. The molecule has 2 aromatic carbocycles. The number of benzene rings is 2. The maximum atomic E-state index is 12.6. The lowest BCUT2D eigenvalue weighted by Gasteiger charge is -2.18. The summed E-state index contributed by atoms with van der Waals surface area (Å²) in [7, 11) is 0. The average molecular weight is 379 g/mol. The number of nitrogens with one attached hydrogen (secondary N) is 2. The highest BCUT2D eigenvalue weighted by Gasteiger charge is 2.23. The zero-order valence-electron chi connectivity index (χ0n) is 15.8. The molecule has 0 aliphatic carbocycles. The Morgan fingerprint density at radius 1 is 1.14 bits per heavy atom. The average Bonchev–Trinajstić information content (AvgIpc) is 3.40. The minimum atomic E-state index is -0.126. The topological polar surface area (TPSA) is 70.7 Å². The number of amides is 2. The molecule has 0 radical (unpaired) electrons. The Balaban J connectivity index is 1.32. The van der Waals surface area contributed by atoms with Gasteiger partial charge in [-0.15, -0.1) is 0 Å². The normalized spacial score (nSPS) is 18.0. The predicted molar refractivity (Wildman–Crippen MR) is 109 cm³/mol. The molecule has 1 saturated heterocycles. The van der Waals surface area contributed by atoms with Crippen LogP contribution in [-0.4, -0.2) is 44.2 Å². The summed E-state index contributed by atoms with van der Waals surface area (Å²) >= 11 is 0. The van der Waals surface area contributed by atoms with Crippen LogP contribution >= 0.6 is 0 Å². The Bertz CT molecular complexity index is 862. The summed E-state index contributed by atoms with van der Waals surface area (Å²) in [4.78, 5) is 26.8. The first-order chi connectivity index (χ1) is 13.7. The second kappa shape index (κ2) is 8.44. The lowest BCUT2D eigenvalue weighted by atomic mass is 10.1. The number of hydrogen-bond acceptors (Lipinski definition) is 4. The Morgan fingerprint density at radius 2 is 2.04 bits per heavy atom. The summed E-state index contributed by atoms with van der Waals surface area (Å²) in [6.07, 6.45) is 3.05. The van der Waals surface area contributed by atoms with Crippen molar-refractivity contribution in [3.8, 4) is 0 Å². The molecular formula is C22H25N3O3. The van der Waals surface area contributed by atoms with E-state index in [2.05, 4.69) is 16.7 Å². The number of fused-ring (bicyclic) bond motifs is 1. The Morgan fingerprint density at radius 3 is 2.89 bits per heavy atom. The standard InChI is InChI=1S/C22H25N3O3/c26-21(25-11-10-16-5-1-2-9-20(16)25)15-23-18-7-3-6-17(13-18)22(27)24-14-19-8-4-12-28-19/h1-3,5-7,9,13,19,23H,4,8,10-12,14-15H2,(H,24,27). The van der Waals surface area contributed by atoms with Crippen LogP contribution in [-0.2, 0) is 16.0 Å². The zero-order chi connectivity index (χ0) is 19.3. The van der Waals surface area contributed by atoms with Gasteiger partial charge in [-0.1, -0.05) is 24.3 Å². The van der Waals surface area contributed by atoms with E-state index in [4.69, 9.17) is 4.74 Å². The highest BCUT2D eigenvalue weighted by molar-refractivity contribution is 5.98. The van der Waals surface area contributed by atoms with Crippen LogP contribution in [0.2, 0.25) is 0 Å². The fraction of sp³-hybridized carbons (Fsp3) is 0.364. The molecule has 0 saturated carbocycles. The monoisotopic (exact) mass is 379 g/mol. The Labute approximate surface area is 164 Å². The minimum Gasteiger partial charge on any atom is -0.376 e. The second-order valence-electron chi connectivity index (χ2n) is 7.20. The quantitative estimate of drug-likeness (QED) is 0.809. The van der Waals surface area contributed by atoms with Gasteiger partial charge >= 0.3 is 0 Å². The molecule has 0 bridgehead atoms. The molecule has 1 fully saturated rings.